The van der Waals surface area contributed by atoms with Crippen LogP contribution in [-0.4, -0.2) is 23.7 Å². The average molecular weight is 366 g/mol. The van der Waals surface area contributed by atoms with Crippen molar-refractivity contribution >= 4 is 43.0 Å². The maximum Gasteiger partial charge on any atom is 0.272 e. The second-order valence-corrected chi connectivity index (χ2v) is 6.99. The van der Waals surface area contributed by atoms with Crippen molar-refractivity contribution in [2.75, 3.05) is 19.2 Å². The predicted molar refractivity (Wildman–Crippen MR) is 107 cm³/mol. The largest absolute Gasteiger partial charge is 0.497 e. The van der Waals surface area contributed by atoms with E-state index in [9.17, 15) is 4.79 Å². The number of nitrogens with zero attached hydrogens (tertiary/aromatic N) is 3. The summed E-state index contributed by atoms with van der Waals surface area (Å²) in [6.45, 7) is 0. The van der Waals surface area contributed by atoms with E-state index in [0.29, 0.717) is 11.1 Å². The fourth-order valence-electron chi connectivity index (χ4n) is 3.11. The summed E-state index contributed by atoms with van der Waals surface area (Å²) in [6.07, 6.45) is 11.8. The van der Waals surface area contributed by atoms with Crippen molar-refractivity contribution in [2.45, 2.75) is 6.42 Å². The molecule has 2 N–H and O–H groups in total. The minimum atomic E-state index is -0.0509. The fourth-order valence-corrected chi connectivity index (χ4v) is 4.19. The molecule has 3 aromatic heterocycles. The van der Waals surface area contributed by atoms with Crippen molar-refractivity contribution in [1.29, 1.82) is 0 Å². The van der Waals surface area contributed by atoms with Gasteiger partial charge in [0.15, 0.2) is 0 Å². The molecule has 0 unspecified atom stereocenters. The molecule has 1 aliphatic rings. The van der Waals surface area contributed by atoms with E-state index >= 15 is 0 Å². The van der Waals surface area contributed by atoms with E-state index in [1.54, 1.807) is 29.9 Å². The number of anilines is 1. The summed E-state index contributed by atoms with van der Waals surface area (Å²) in [6, 6.07) is 3.82. The Bertz CT molecular complexity index is 1150. The Morgan fingerprint density at radius 2 is 2.19 bits per heavy atom. The monoisotopic (exact) mass is 366 g/mol. The number of rotatable bonds is 3. The summed E-state index contributed by atoms with van der Waals surface area (Å²) < 4.78 is 7.61. The van der Waals surface area contributed by atoms with Gasteiger partial charge in [-0.2, -0.15) is 0 Å². The molecule has 0 saturated heterocycles. The second kappa shape index (κ2) is 6.44. The number of nitrogens with two attached hydrogens (primary N) is 1. The fraction of sp³-hybridized carbons (Fsp3) is 0.158. The van der Waals surface area contributed by atoms with Crippen LogP contribution < -0.4 is 16.4 Å². The number of hydrogen-bond acceptors (Lipinski definition) is 6. The third-order valence-electron chi connectivity index (χ3n) is 4.38. The predicted octanol–water partition coefficient (Wildman–Crippen LogP) is 3.25. The molecular formula is C19H18N4O2S. The summed E-state index contributed by atoms with van der Waals surface area (Å²) in [5.74, 6) is 6.71. The zero-order valence-electron chi connectivity index (χ0n) is 14.5. The van der Waals surface area contributed by atoms with Crippen LogP contribution in [0.5, 0.6) is 0 Å². The van der Waals surface area contributed by atoms with Crippen LogP contribution in [0, 0.1) is 0 Å². The van der Waals surface area contributed by atoms with Gasteiger partial charge in [0.1, 0.15) is 15.3 Å². The molecule has 3 heterocycles. The highest BCUT2D eigenvalue weighted by molar-refractivity contribution is 7.25. The van der Waals surface area contributed by atoms with Crippen LogP contribution in [0.3, 0.4) is 0 Å². The molecule has 26 heavy (non-hydrogen) atoms. The van der Waals surface area contributed by atoms with Crippen LogP contribution >= 0.6 is 11.3 Å². The van der Waals surface area contributed by atoms with Gasteiger partial charge in [0.25, 0.3) is 5.56 Å². The first-order chi connectivity index (χ1) is 12.6. The smallest absolute Gasteiger partial charge is 0.272 e. The molecule has 7 heteroatoms. The third kappa shape index (κ3) is 2.61. The van der Waals surface area contributed by atoms with E-state index in [1.165, 1.54) is 11.3 Å². The van der Waals surface area contributed by atoms with Gasteiger partial charge in [-0.05, 0) is 30.4 Å². The Labute approximate surface area is 154 Å². The van der Waals surface area contributed by atoms with Gasteiger partial charge in [-0.3, -0.25) is 9.36 Å². The van der Waals surface area contributed by atoms with Crippen LogP contribution in [-0.2, 0) is 4.74 Å². The zero-order valence-corrected chi connectivity index (χ0v) is 15.3. The van der Waals surface area contributed by atoms with Gasteiger partial charge < -0.3 is 9.75 Å². The zero-order chi connectivity index (χ0) is 18.3. The van der Waals surface area contributed by atoms with Gasteiger partial charge in [0.05, 0.1) is 12.8 Å². The van der Waals surface area contributed by atoms with Crippen molar-refractivity contribution < 1.29 is 4.74 Å². The van der Waals surface area contributed by atoms with Crippen molar-refractivity contribution in [3.8, 4) is 0 Å². The van der Waals surface area contributed by atoms with Gasteiger partial charge in [0, 0.05) is 42.3 Å². The highest BCUT2D eigenvalue weighted by atomic mass is 32.1. The lowest BCUT2D eigenvalue weighted by Gasteiger charge is -2.13. The molecule has 0 radical (unpaired) electrons. The van der Waals surface area contributed by atoms with Crippen LogP contribution in [0.15, 0.2) is 59.4 Å². The molecule has 0 atom stereocenters. The highest BCUT2D eigenvalue weighted by Crippen LogP contribution is 2.36. The number of ether oxygens (including phenoxy) is 1. The van der Waals surface area contributed by atoms with Crippen molar-refractivity contribution in [3.63, 3.8) is 0 Å². The Kier molecular flexibility index (Phi) is 4.10. The molecule has 1 aliphatic carbocycles. The van der Waals surface area contributed by atoms with Crippen molar-refractivity contribution in [2.24, 2.45) is 5.84 Å². The first-order valence-corrected chi connectivity index (χ1v) is 8.95. The molecule has 0 saturated carbocycles. The first kappa shape index (κ1) is 16.6. The number of methoxy groups -OCH3 is 1. The molecule has 0 fully saturated rings. The van der Waals surface area contributed by atoms with E-state index in [-0.39, 0.29) is 5.56 Å². The topological polar surface area (TPSA) is 73.4 Å². The number of aromatic nitrogens is 2. The van der Waals surface area contributed by atoms with Gasteiger partial charge in [-0.1, -0.05) is 6.08 Å². The maximum absolute atomic E-state index is 13.1. The van der Waals surface area contributed by atoms with Crippen LogP contribution in [0.2, 0.25) is 0 Å². The lowest BCUT2D eigenvalue weighted by Crippen LogP contribution is -2.25. The van der Waals surface area contributed by atoms with Crippen LogP contribution in [0.4, 0.5) is 5.69 Å². The molecule has 132 valence electrons. The van der Waals surface area contributed by atoms with E-state index in [2.05, 4.69) is 4.98 Å². The summed E-state index contributed by atoms with van der Waals surface area (Å²) in [5.41, 5.74) is 1.69. The molecule has 3 aromatic rings. The number of allylic oxidation sites excluding steroid dienone is 5. The Morgan fingerprint density at radius 1 is 1.35 bits per heavy atom. The van der Waals surface area contributed by atoms with E-state index in [0.717, 1.165) is 32.7 Å². The van der Waals surface area contributed by atoms with Gasteiger partial charge >= 0.3 is 0 Å². The summed E-state index contributed by atoms with van der Waals surface area (Å²) in [7, 11) is 3.41. The minimum absolute atomic E-state index is 0.0509. The van der Waals surface area contributed by atoms with E-state index in [4.69, 9.17) is 10.6 Å². The first-order valence-electron chi connectivity index (χ1n) is 8.13. The second-order valence-electron chi connectivity index (χ2n) is 5.99. The molecule has 0 bridgehead atoms. The molecule has 0 aromatic carbocycles. The number of thiophene rings is 1. The number of hydrogen-bond donors (Lipinski definition) is 1. The lowest BCUT2D eigenvalue weighted by atomic mass is 10.2. The minimum Gasteiger partial charge on any atom is -0.497 e. The summed E-state index contributed by atoms with van der Waals surface area (Å²) >= 11 is 1.40. The average Bonchev–Trinajstić information content (AvgIpc) is 2.86. The number of hydrazine groups is 1. The van der Waals surface area contributed by atoms with Crippen LogP contribution in [0.1, 0.15) is 6.42 Å². The standard InChI is InChI=1S/C19H18N4O2S/c1-22(20)15-8-10-21-18-16(15)14-9-11-23(19(24)17(14)26-18)12-4-3-5-13(25-2)7-6-12/h3,5-11H,4,20H2,1-2H3. The lowest BCUT2D eigenvalue weighted by molar-refractivity contribution is 0.307. The Morgan fingerprint density at radius 3 is 2.96 bits per heavy atom. The molecule has 4 rings (SSSR count). The number of pyridine rings is 2. The van der Waals surface area contributed by atoms with Crippen molar-refractivity contribution in [3.05, 3.63) is 64.9 Å². The quantitative estimate of drug-likeness (QED) is 0.569. The summed E-state index contributed by atoms with van der Waals surface area (Å²) in [5, 5.41) is 3.35. The van der Waals surface area contributed by atoms with Crippen molar-refractivity contribution in [1.82, 2.24) is 9.55 Å². The third-order valence-corrected chi connectivity index (χ3v) is 5.49. The molecule has 0 spiro atoms. The highest BCUT2D eigenvalue weighted by Gasteiger charge is 2.16. The number of fused-ring (bicyclic) bond motifs is 3. The van der Waals surface area contributed by atoms with Gasteiger partial charge in [0.2, 0.25) is 0 Å². The molecule has 0 aliphatic heterocycles. The van der Waals surface area contributed by atoms with E-state index in [1.807, 2.05) is 42.6 Å². The normalized spacial score (nSPS) is 14.3. The Hall–Kier alpha value is -2.90. The van der Waals surface area contributed by atoms with Crippen LogP contribution in [0.25, 0.3) is 26.0 Å². The van der Waals surface area contributed by atoms with E-state index < -0.39 is 0 Å². The molecule has 0 amide bonds. The molecular weight excluding hydrogens is 348 g/mol. The molecule has 6 nitrogen and oxygen atoms in total. The van der Waals surface area contributed by atoms with Gasteiger partial charge in [-0.25, -0.2) is 10.8 Å². The van der Waals surface area contributed by atoms with Gasteiger partial charge in [-0.15, -0.1) is 11.3 Å². The summed E-state index contributed by atoms with van der Waals surface area (Å²) in [4.78, 5) is 18.3. The maximum atomic E-state index is 13.1. The Balaban J connectivity index is 1.94. The SMILES string of the molecule is COC1=CC=C(n2ccc3c(sc4nccc(N(C)N)c43)c2=O)CC=C1.